The van der Waals surface area contributed by atoms with E-state index >= 15 is 0 Å². The number of amides is 1. The molecule has 0 aliphatic carbocycles. The number of aliphatic hydroxyl groups excluding tert-OH is 1. The fourth-order valence-corrected chi connectivity index (χ4v) is 1.73. The topological polar surface area (TPSA) is 63.3 Å². The maximum absolute atomic E-state index is 10.5. The Bertz CT molecular complexity index is 214. The van der Waals surface area contributed by atoms with Crippen molar-refractivity contribution >= 4 is 5.91 Å². The fraction of sp³-hybridized carbons (Fsp3) is 0.786. The van der Waals surface area contributed by atoms with Crippen LogP contribution in [-0.4, -0.2) is 17.1 Å². The molecule has 0 fully saturated rings. The van der Waals surface area contributed by atoms with Gasteiger partial charge < -0.3 is 10.8 Å². The summed E-state index contributed by atoms with van der Waals surface area (Å²) in [5, 5.41) is 9.39. The lowest BCUT2D eigenvalue weighted by molar-refractivity contribution is -0.119. The molecule has 0 radical (unpaired) electrons. The summed E-state index contributed by atoms with van der Waals surface area (Å²) in [4.78, 5) is 10.5. The first-order chi connectivity index (χ1) is 8.16. The Morgan fingerprint density at radius 3 is 2.41 bits per heavy atom. The molecule has 17 heavy (non-hydrogen) atoms. The van der Waals surface area contributed by atoms with E-state index in [4.69, 9.17) is 5.73 Å². The highest BCUT2D eigenvalue weighted by atomic mass is 16.3. The minimum atomic E-state index is -0.564. The molecule has 0 heterocycles. The van der Waals surface area contributed by atoms with E-state index in [1.807, 2.05) is 0 Å². The minimum Gasteiger partial charge on any atom is -0.393 e. The maximum atomic E-state index is 10.5. The molecule has 0 aromatic heterocycles. The van der Waals surface area contributed by atoms with Crippen molar-refractivity contribution in [2.75, 3.05) is 0 Å². The molecule has 100 valence electrons. The molecule has 0 saturated carbocycles. The molecule has 3 nitrogen and oxygen atoms in total. The lowest BCUT2D eigenvalue weighted by Gasteiger charge is -2.06. The summed E-state index contributed by atoms with van der Waals surface area (Å²) in [5.41, 5.74) is 4.99. The third-order valence-electron chi connectivity index (χ3n) is 2.74. The third-order valence-corrected chi connectivity index (χ3v) is 2.74. The largest absolute Gasteiger partial charge is 0.393 e. The molecule has 3 heteroatoms. The van der Waals surface area contributed by atoms with E-state index in [-0.39, 0.29) is 6.42 Å². The summed E-state index contributed by atoms with van der Waals surface area (Å²) in [6.07, 6.45) is 12.8. The molecule has 0 aromatic carbocycles. The van der Waals surface area contributed by atoms with Crippen molar-refractivity contribution in [1.29, 1.82) is 0 Å². The highest BCUT2D eigenvalue weighted by Gasteiger charge is 2.06. The van der Waals surface area contributed by atoms with Gasteiger partial charge in [-0.1, -0.05) is 38.3 Å². The quantitative estimate of drug-likeness (QED) is 0.431. The Balaban J connectivity index is 3.26. The lowest BCUT2D eigenvalue weighted by Crippen LogP contribution is -2.19. The van der Waals surface area contributed by atoms with Crippen LogP contribution < -0.4 is 5.73 Å². The molecular weight excluding hydrogens is 214 g/mol. The predicted molar refractivity (Wildman–Crippen MR) is 71.6 cm³/mol. The van der Waals surface area contributed by atoms with Crippen molar-refractivity contribution in [2.24, 2.45) is 5.73 Å². The SMILES string of the molecule is CCCCCC/C=C\CCCC(O)CC(N)=O. The summed E-state index contributed by atoms with van der Waals surface area (Å²) in [6.45, 7) is 2.22. The van der Waals surface area contributed by atoms with E-state index in [1.165, 1.54) is 25.7 Å². The Morgan fingerprint density at radius 1 is 1.18 bits per heavy atom. The van der Waals surface area contributed by atoms with Crippen LogP contribution in [0.4, 0.5) is 0 Å². The van der Waals surface area contributed by atoms with Crippen molar-refractivity contribution in [2.45, 2.75) is 70.8 Å². The average molecular weight is 241 g/mol. The van der Waals surface area contributed by atoms with Gasteiger partial charge in [-0.05, 0) is 32.1 Å². The maximum Gasteiger partial charge on any atom is 0.220 e. The molecule has 1 unspecified atom stereocenters. The van der Waals surface area contributed by atoms with Gasteiger partial charge >= 0.3 is 0 Å². The summed E-state index contributed by atoms with van der Waals surface area (Å²) in [7, 11) is 0. The van der Waals surface area contributed by atoms with Crippen LogP contribution in [0.5, 0.6) is 0 Å². The van der Waals surface area contributed by atoms with Gasteiger partial charge in [0.2, 0.25) is 5.91 Å². The van der Waals surface area contributed by atoms with Crippen LogP contribution in [0, 0.1) is 0 Å². The molecule has 1 atom stereocenters. The van der Waals surface area contributed by atoms with Gasteiger partial charge in [0.1, 0.15) is 0 Å². The van der Waals surface area contributed by atoms with Gasteiger partial charge in [0.25, 0.3) is 0 Å². The predicted octanol–water partition coefficient (Wildman–Crippen LogP) is 2.92. The van der Waals surface area contributed by atoms with Gasteiger partial charge in [0.15, 0.2) is 0 Å². The van der Waals surface area contributed by atoms with Gasteiger partial charge in [-0.15, -0.1) is 0 Å². The van der Waals surface area contributed by atoms with Gasteiger partial charge in [-0.25, -0.2) is 0 Å². The van der Waals surface area contributed by atoms with Gasteiger partial charge in [0, 0.05) is 0 Å². The molecular formula is C14H27NO2. The molecule has 0 aliphatic heterocycles. The number of primary amides is 1. The number of aliphatic hydroxyl groups is 1. The summed E-state index contributed by atoms with van der Waals surface area (Å²) < 4.78 is 0. The van der Waals surface area contributed by atoms with Crippen molar-refractivity contribution in [3.63, 3.8) is 0 Å². The second-order valence-corrected chi connectivity index (χ2v) is 4.58. The lowest BCUT2D eigenvalue weighted by atomic mass is 10.1. The first-order valence-electron chi connectivity index (χ1n) is 6.78. The van der Waals surface area contributed by atoms with Gasteiger partial charge in [-0.2, -0.15) is 0 Å². The molecule has 0 saturated heterocycles. The first-order valence-corrected chi connectivity index (χ1v) is 6.78. The van der Waals surface area contributed by atoms with E-state index in [0.29, 0.717) is 6.42 Å². The Labute approximate surface area is 105 Å². The zero-order valence-electron chi connectivity index (χ0n) is 11.0. The number of hydrogen-bond donors (Lipinski definition) is 2. The van der Waals surface area contributed by atoms with Crippen molar-refractivity contribution < 1.29 is 9.90 Å². The summed E-state index contributed by atoms with van der Waals surface area (Å²) in [5.74, 6) is -0.427. The Kier molecular flexibility index (Phi) is 11.1. The van der Waals surface area contributed by atoms with Crippen molar-refractivity contribution in [3.8, 4) is 0 Å². The summed E-state index contributed by atoms with van der Waals surface area (Å²) in [6, 6.07) is 0. The van der Waals surface area contributed by atoms with Crippen LogP contribution in [0.3, 0.4) is 0 Å². The van der Waals surface area contributed by atoms with Crippen LogP contribution in [0.15, 0.2) is 12.2 Å². The number of carbonyl (C=O) groups is 1. The zero-order valence-corrected chi connectivity index (χ0v) is 11.0. The van der Waals surface area contributed by atoms with Crippen molar-refractivity contribution in [3.05, 3.63) is 12.2 Å². The number of allylic oxidation sites excluding steroid dienone is 2. The molecule has 0 aliphatic rings. The standard InChI is InChI=1S/C14H27NO2/c1-2-3-4-5-6-7-8-9-10-11-13(16)12-14(15)17/h7-8,13,16H,2-6,9-12H2,1H3,(H2,15,17)/b8-7-. The van der Waals surface area contributed by atoms with Crippen LogP contribution in [0.1, 0.15) is 64.7 Å². The van der Waals surface area contributed by atoms with Crippen LogP contribution in [-0.2, 0) is 4.79 Å². The molecule has 0 rings (SSSR count). The van der Waals surface area contributed by atoms with E-state index in [1.54, 1.807) is 0 Å². The van der Waals surface area contributed by atoms with E-state index in [9.17, 15) is 9.90 Å². The number of nitrogens with two attached hydrogens (primary N) is 1. The summed E-state index contributed by atoms with van der Waals surface area (Å²) >= 11 is 0. The highest BCUT2D eigenvalue weighted by Crippen LogP contribution is 2.07. The van der Waals surface area contributed by atoms with Crippen molar-refractivity contribution in [1.82, 2.24) is 0 Å². The third kappa shape index (κ3) is 13.1. The van der Waals surface area contributed by atoms with Crippen LogP contribution >= 0.6 is 0 Å². The molecule has 3 N–H and O–H groups in total. The number of carbonyl (C=O) groups excluding carboxylic acids is 1. The van der Waals surface area contributed by atoms with E-state index in [2.05, 4.69) is 19.1 Å². The average Bonchev–Trinajstić information content (AvgIpc) is 2.26. The second kappa shape index (κ2) is 11.6. The molecule has 0 bridgehead atoms. The normalized spacial score (nSPS) is 13.1. The van der Waals surface area contributed by atoms with Crippen LogP contribution in [0.2, 0.25) is 0 Å². The van der Waals surface area contributed by atoms with E-state index < -0.39 is 12.0 Å². The van der Waals surface area contributed by atoms with Gasteiger partial charge in [0.05, 0.1) is 12.5 Å². The molecule has 0 aromatic rings. The Morgan fingerprint density at radius 2 is 1.82 bits per heavy atom. The second-order valence-electron chi connectivity index (χ2n) is 4.58. The number of rotatable bonds is 11. The zero-order chi connectivity index (χ0) is 12.9. The monoisotopic (exact) mass is 241 g/mol. The van der Waals surface area contributed by atoms with Crippen LogP contribution in [0.25, 0.3) is 0 Å². The van der Waals surface area contributed by atoms with E-state index in [0.717, 1.165) is 19.3 Å². The number of hydrogen-bond acceptors (Lipinski definition) is 2. The molecule has 0 spiro atoms. The highest BCUT2D eigenvalue weighted by molar-refractivity contribution is 5.74. The first kappa shape index (κ1) is 16.2. The minimum absolute atomic E-state index is 0.0841. The smallest absolute Gasteiger partial charge is 0.220 e. The fourth-order valence-electron chi connectivity index (χ4n) is 1.73. The Hall–Kier alpha value is -0.830. The van der Waals surface area contributed by atoms with Gasteiger partial charge in [-0.3, -0.25) is 4.79 Å². The number of unbranched alkanes of at least 4 members (excludes halogenated alkanes) is 5. The molecule has 1 amide bonds.